The maximum atomic E-state index is 11.0. The molecule has 0 aromatic carbocycles. The lowest BCUT2D eigenvalue weighted by Gasteiger charge is -2.15. The molecule has 2 unspecified atom stereocenters. The van der Waals surface area contributed by atoms with Gasteiger partial charge in [0.25, 0.3) is 0 Å². The normalized spacial score (nSPS) is 32.2. The van der Waals surface area contributed by atoms with Crippen LogP contribution in [0.1, 0.15) is 33.6 Å². The Morgan fingerprint density at radius 1 is 1.69 bits per heavy atom. The van der Waals surface area contributed by atoms with Gasteiger partial charge in [0.05, 0.1) is 5.41 Å². The fourth-order valence-corrected chi connectivity index (χ4v) is 1.86. The SMILES string of the molecule is CCC1CC1(CNC(C)C)C(=O)O. The molecule has 0 aromatic rings. The van der Waals surface area contributed by atoms with Gasteiger partial charge in [-0.3, -0.25) is 4.79 Å². The van der Waals surface area contributed by atoms with Crippen LogP contribution in [0.3, 0.4) is 0 Å². The summed E-state index contributed by atoms with van der Waals surface area (Å²) in [6.07, 6.45) is 1.82. The molecule has 76 valence electrons. The minimum absolute atomic E-state index is 0.370. The third-order valence-electron chi connectivity index (χ3n) is 2.98. The van der Waals surface area contributed by atoms with E-state index in [2.05, 4.69) is 12.2 Å². The van der Waals surface area contributed by atoms with E-state index < -0.39 is 11.4 Å². The van der Waals surface area contributed by atoms with Gasteiger partial charge in [-0.25, -0.2) is 0 Å². The number of rotatable bonds is 5. The predicted molar refractivity (Wildman–Crippen MR) is 51.6 cm³/mol. The molecule has 2 atom stereocenters. The van der Waals surface area contributed by atoms with Crippen molar-refractivity contribution in [3.63, 3.8) is 0 Å². The van der Waals surface area contributed by atoms with Gasteiger partial charge in [0.1, 0.15) is 0 Å². The van der Waals surface area contributed by atoms with Crippen LogP contribution in [-0.4, -0.2) is 23.7 Å². The summed E-state index contributed by atoms with van der Waals surface area (Å²) in [6.45, 7) is 6.76. The summed E-state index contributed by atoms with van der Waals surface area (Å²) < 4.78 is 0. The highest BCUT2D eigenvalue weighted by molar-refractivity contribution is 5.79. The fraction of sp³-hybridized carbons (Fsp3) is 0.900. The van der Waals surface area contributed by atoms with Gasteiger partial charge in [-0.1, -0.05) is 27.2 Å². The second-order valence-electron chi connectivity index (χ2n) is 4.31. The van der Waals surface area contributed by atoms with Gasteiger partial charge in [-0.05, 0) is 12.3 Å². The third-order valence-corrected chi connectivity index (χ3v) is 2.98. The van der Waals surface area contributed by atoms with Crippen molar-refractivity contribution in [3.8, 4) is 0 Å². The standard InChI is InChI=1S/C10H19NO2/c1-4-8-5-10(8,9(12)13)6-11-7(2)3/h7-8,11H,4-6H2,1-3H3,(H,12,13). The molecule has 1 fully saturated rings. The molecule has 1 rings (SSSR count). The Balaban J connectivity index is 2.47. The smallest absolute Gasteiger partial charge is 0.311 e. The van der Waals surface area contributed by atoms with E-state index in [9.17, 15) is 4.79 Å². The Morgan fingerprint density at radius 3 is 2.62 bits per heavy atom. The van der Waals surface area contributed by atoms with E-state index in [0.717, 1.165) is 12.8 Å². The van der Waals surface area contributed by atoms with Crippen molar-refractivity contribution in [2.24, 2.45) is 11.3 Å². The molecule has 3 nitrogen and oxygen atoms in total. The molecule has 13 heavy (non-hydrogen) atoms. The van der Waals surface area contributed by atoms with Crippen molar-refractivity contribution in [3.05, 3.63) is 0 Å². The molecule has 0 heterocycles. The highest BCUT2D eigenvalue weighted by Gasteiger charge is 2.58. The van der Waals surface area contributed by atoms with Crippen LogP contribution in [0, 0.1) is 11.3 Å². The quantitative estimate of drug-likeness (QED) is 0.682. The minimum Gasteiger partial charge on any atom is -0.481 e. The molecule has 0 aliphatic heterocycles. The summed E-state index contributed by atoms with van der Waals surface area (Å²) in [6, 6.07) is 0.370. The summed E-state index contributed by atoms with van der Waals surface area (Å²) in [4.78, 5) is 11.0. The van der Waals surface area contributed by atoms with Crippen molar-refractivity contribution in [2.75, 3.05) is 6.54 Å². The maximum Gasteiger partial charge on any atom is 0.311 e. The highest BCUT2D eigenvalue weighted by atomic mass is 16.4. The van der Waals surface area contributed by atoms with Crippen LogP contribution in [-0.2, 0) is 4.79 Å². The molecular weight excluding hydrogens is 166 g/mol. The van der Waals surface area contributed by atoms with Crippen LogP contribution in [0.25, 0.3) is 0 Å². The van der Waals surface area contributed by atoms with Crippen molar-refractivity contribution in [1.82, 2.24) is 5.32 Å². The van der Waals surface area contributed by atoms with E-state index in [1.165, 1.54) is 0 Å². The lowest BCUT2D eigenvalue weighted by atomic mass is 10.0. The number of hydrogen-bond acceptors (Lipinski definition) is 2. The zero-order chi connectivity index (χ0) is 10.1. The van der Waals surface area contributed by atoms with Crippen LogP contribution in [0.2, 0.25) is 0 Å². The zero-order valence-corrected chi connectivity index (χ0v) is 8.63. The van der Waals surface area contributed by atoms with E-state index in [1.807, 2.05) is 13.8 Å². The first-order chi connectivity index (χ1) is 6.03. The largest absolute Gasteiger partial charge is 0.481 e. The van der Waals surface area contributed by atoms with Crippen molar-refractivity contribution in [1.29, 1.82) is 0 Å². The average molecular weight is 185 g/mol. The average Bonchev–Trinajstić information content (AvgIpc) is 2.76. The Bertz CT molecular complexity index is 203. The number of hydrogen-bond donors (Lipinski definition) is 2. The van der Waals surface area contributed by atoms with Gasteiger partial charge >= 0.3 is 5.97 Å². The molecule has 2 N–H and O–H groups in total. The minimum atomic E-state index is -0.632. The summed E-state index contributed by atoms with van der Waals surface area (Å²) in [5.74, 6) is -0.247. The van der Waals surface area contributed by atoms with Crippen molar-refractivity contribution in [2.45, 2.75) is 39.7 Å². The van der Waals surface area contributed by atoms with E-state index in [-0.39, 0.29) is 0 Å². The molecule has 0 spiro atoms. The zero-order valence-electron chi connectivity index (χ0n) is 8.63. The Morgan fingerprint density at radius 2 is 2.31 bits per heavy atom. The number of aliphatic carboxylic acids is 1. The second-order valence-corrected chi connectivity index (χ2v) is 4.31. The van der Waals surface area contributed by atoms with Gasteiger partial charge < -0.3 is 10.4 Å². The van der Waals surface area contributed by atoms with Gasteiger partial charge in [0.15, 0.2) is 0 Å². The van der Waals surface area contributed by atoms with Gasteiger partial charge in [0, 0.05) is 12.6 Å². The molecule has 0 amide bonds. The van der Waals surface area contributed by atoms with Crippen molar-refractivity contribution < 1.29 is 9.90 Å². The number of carboxylic acid groups (broad SMARTS) is 1. The highest BCUT2D eigenvalue weighted by Crippen LogP contribution is 2.54. The lowest BCUT2D eigenvalue weighted by Crippen LogP contribution is -2.35. The molecule has 1 saturated carbocycles. The van der Waals surface area contributed by atoms with E-state index in [4.69, 9.17) is 5.11 Å². The third kappa shape index (κ3) is 2.02. The molecule has 0 radical (unpaired) electrons. The van der Waals surface area contributed by atoms with Crippen LogP contribution in [0.5, 0.6) is 0 Å². The van der Waals surface area contributed by atoms with Gasteiger partial charge in [-0.2, -0.15) is 0 Å². The van der Waals surface area contributed by atoms with Crippen LogP contribution in [0.15, 0.2) is 0 Å². The number of carboxylic acids is 1. The van der Waals surface area contributed by atoms with Gasteiger partial charge in [-0.15, -0.1) is 0 Å². The molecular formula is C10H19NO2. The fourth-order valence-electron chi connectivity index (χ4n) is 1.86. The van der Waals surface area contributed by atoms with Crippen LogP contribution in [0.4, 0.5) is 0 Å². The molecule has 0 saturated heterocycles. The Kier molecular flexibility index (Phi) is 2.96. The molecule has 0 aromatic heterocycles. The second kappa shape index (κ2) is 3.66. The first-order valence-electron chi connectivity index (χ1n) is 4.99. The lowest BCUT2D eigenvalue weighted by molar-refractivity contribution is -0.143. The Hall–Kier alpha value is -0.570. The van der Waals surface area contributed by atoms with E-state index in [0.29, 0.717) is 18.5 Å². The monoisotopic (exact) mass is 185 g/mol. The summed E-state index contributed by atoms with van der Waals surface area (Å²) in [5.41, 5.74) is -0.445. The first kappa shape index (κ1) is 10.5. The van der Waals surface area contributed by atoms with Gasteiger partial charge in [0.2, 0.25) is 0 Å². The molecule has 0 bridgehead atoms. The maximum absolute atomic E-state index is 11.0. The molecule has 1 aliphatic carbocycles. The van der Waals surface area contributed by atoms with E-state index in [1.54, 1.807) is 0 Å². The Labute approximate surface area is 79.5 Å². The predicted octanol–water partition coefficient (Wildman–Crippen LogP) is 1.49. The molecule has 3 heteroatoms. The van der Waals surface area contributed by atoms with Crippen LogP contribution < -0.4 is 5.32 Å². The molecule has 1 aliphatic rings. The number of nitrogens with one attached hydrogen (secondary N) is 1. The van der Waals surface area contributed by atoms with Crippen LogP contribution >= 0.6 is 0 Å². The number of carbonyl (C=O) groups is 1. The summed E-state index contributed by atoms with van der Waals surface area (Å²) in [5, 5.41) is 12.3. The first-order valence-corrected chi connectivity index (χ1v) is 4.99. The summed E-state index contributed by atoms with van der Waals surface area (Å²) in [7, 11) is 0. The van der Waals surface area contributed by atoms with Crippen molar-refractivity contribution >= 4 is 5.97 Å². The summed E-state index contributed by atoms with van der Waals surface area (Å²) >= 11 is 0. The topological polar surface area (TPSA) is 49.3 Å². The van der Waals surface area contributed by atoms with E-state index >= 15 is 0 Å².